The molecule has 2 aromatic rings. The topological polar surface area (TPSA) is 77.6 Å². The van der Waals surface area contributed by atoms with Gasteiger partial charge in [-0.2, -0.15) is 0 Å². The van der Waals surface area contributed by atoms with Crippen molar-refractivity contribution in [2.24, 2.45) is 10.9 Å². The molecule has 0 aliphatic carbocycles. The van der Waals surface area contributed by atoms with E-state index in [1.165, 1.54) is 4.57 Å². The molecule has 1 aliphatic rings. The number of hydrogen-bond donors (Lipinski definition) is 1. The Labute approximate surface area is 148 Å². The molecule has 3 rings (SSSR count). The molecule has 2 heterocycles. The van der Waals surface area contributed by atoms with Crippen molar-refractivity contribution < 1.29 is 15.0 Å². The maximum atomic E-state index is 11.4. The number of fused-ring (bicyclic) bond motifs is 1. The largest absolute Gasteiger partial charge is 0.548 e. The zero-order valence-electron chi connectivity index (χ0n) is 13.1. The summed E-state index contributed by atoms with van der Waals surface area (Å²) in [5, 5.41) is 22.0. The van der Waals surface area contributed by atoms with Crippen molar-refractivity contribution in [1.82, 2.24) is 4.57 Å². The first-order chi connectivity index (χ1) is 11.4. The van der Waals surface area contributed by atoms with Crippen LogP contribution in [-0.4, -0.2) is 21.9 Å². The molecular formula is C17H15N2O3S2-. The lowest BCUT2D eigenvalue weighted by Crippen LogP contribution is -2.36. The number of carboxylic acid groups (broad SMARTS) is 1. The third kappa shape index (κ3) is 2.81. The van der Waals surface area contributed by atoms with Gasteiger partial charge in [0.25, 0.3) is 0 Å². The van der Waals surface area contributed by atoms with E-state index in [1.54, 1.807) is 26.1 Å². The summed E-state index contributed by atoms with van der Waals surface area (Å²) in [6, 6.07) is 6.67. The van der Waals surface area contributed by atoms with E-state index < -0.39 is 12.0 Å². The Morgan fingerprint density at radius 1 is 1.42 bits per heavy atom. The van der Waals surface area contributed by atoms with Crippen LogP contribution in [0.1, 0.15) is 30.3 Å². The van der Waals surface area contributed by atoms with E-state index in [9.17, 15) is 15.0 Å². The molecule has 1 unspecified atom stereocenters. The van der Waals surface area contributed by atoms with E-state index in [-0.39, 0.29) is 11.8 Å². The number of allylic oxidation sites excluding steroid dienone is 1. The molecule has 1 N–H and O–H groups in total. The predicted molar refractivity (Wildman–Crippen MR) is 96.2 cm³/mol. The Kier molecular flexibility index (Phi) is 4.38. The van der Waals surface area contributed by atoms with Crippen molar-refractivity contribution in [3.63, 3.8) is 0 Å². The van der Waals surface area contributed by atoms with Crippen LogP contribution in [0.4, 0.5) is 5.69 Å². The Hall–Kier alpha value is -2.25. The highest BCUT2D eigenvalue weighted by Gasteiger charge is 2.23. The quantitative estimate of drug-likeness (QED) is 0.851. The van der Waals surface area contributed by atoms with Crippen molar-refractivity contribution >= 4 is 53.1 Å². The van der Waals surface area contributed by atoms with Crippen LogP contribution in [0.3, 0.4) is 0 Å². The van der Waals surface area contributed by atoms with E-state index in [0.717, 1.165) is 28.2 Å². The maximum Gasteiger partial charge on any atom is 0.211 e. The fourth-order valence-corrected chi connectivity index (χ4v) is 4.04. The molecule has 0 saturated heterocycles. The van der Waals surface area contributed by atoms with Crippen LogP contribution >= 0.6 is 23.6 Å². The number of aliphatic imine (C=N–C) groups is 1. The number of nitrogens with zero attached hydrogens (tertiary/aromatic N) is 2. The monoisotopic (exact) mass is 359 g/mol. The Morgan fingerprint density at radius 3 is 2.79 bits per heavy atom. The number of carbonyl (C=O) groups excluding carboxylic acids is 1. The summed E-state index contributed by atoms with van der Waals surface area (Å²) in [4.78, 5) is 16.3. The van der Waals surface area contributed by atoms with Gasteiger partial charge in [-0.3, -0.25) is 9.56 Å². The van der Waals surface area contributed by atoms with Crippen LogP contribution in [0.5, 0.6) is 5.88 Å². The molecule has 0 saturated carbocycles. The van der Waals surface area contributed by atoms with E-state index >= 15 is 0 Å². The number of aromatic nitrogens is 1. The van der Waals surface area contributed by atoms with Crippen molar-refractivity contribution in [1.29, 1.82) is 0 Å². The summed E-state index contributed by atoms with van der Waals surface area (Å²) in [6.45, 7) is 3.49. The molecule has 5 nitrogen and oxygen atoms in total. The lowest BCUT2D eigenvalue weighted by Gasteiger charge is -2.24. The van der Waals surface area contributed by atoms with Crippen molar-refractivity contribution in [2.75, 3.05) is 0 Å². The highest BCUT2D eigenvalue weighted by molar-refractivity contribution is 7.73. The minimum atomic E-state index is -1.26. The summed E-state index contributed by atoms with van der Waals surface area (Å²) in [7, 11) is 0. The van der Waals surface area contributed by atoms with Crippen LogP contribution in [0.15, 0.2) is 29.3 Å². The average molecular weight is 359 g/mol. The minimum absolute atomic E-state index is 0.154. The molecule has 7 heteroatoms. The SMILES string of the molecule is CC(C)C(C(=O)[O-])n1c(O)c(/C=C2\C=Nc3ccccc32)sc1=S. The number of rotatable bonds is 4. The number of para-hydroxylation sites is 1. The lowest BCUT2D eigenvalue weighted by atomic mass is 10.0. The zero-order valence-corrected chi connectivity index (χ0v) is 14.7. The average Bonchev–Trinajstić information content (AvgIpc) is 3.04. The minimum Gasteiger partial charge on any atom is -0.548 e. The van der Waals surface area contributed by atoms with Crippen LogP contribution in [0.25, 0.3) is 11.6 Å². The first kappa shape index (κ1) is 16.6. The number of hydrogen-bond acceptors (Lipinski definition) is 6. The second kappa shape index (κ2) is 6.33. The number of aromatic hydroxyl groups is 1. The van der Waals surface area contributed by atoms with E-state index in [0.29, 0.717) is 8.83 Å². The lowest BCUT2D eigenvalue weighted by molar-refractivity contribution is -0.311. The standard InChI is InChI=1S/C17H16N2O3S2/c1-9(2)14(16(21)22)19-15(20)13(24-17(19)23)7-10-8-18-12-6-4-3-5-11(10)12/h3-9,14,20H,1-2H3,(H,21,22)/p-1/b10-7+. The molecule has 1 aliphatic heterocycles. The Balaban J connectivity index is 2.08. The van der Waals surface area contributed by atoms with Gasteiger partial charge in [0, 0.05) is 17.4 Å². The molecule has 1 atom stereocenters. The van der Waals surface area contributed by atoms with Crippen LogP contribution < -0.4 is 5.11 Å². The molecular weight excluding hydrogens is 344 g/mol. The van der Waals surface area contributed by atoms with Gasteiger partial charge < -0.3 is 15.0 Å². The van der Waals surface area contributed by atoms with Crippen molar-refractivity contribution in [2.45, 2.75) is 19.9 Å². The van der Waals surface area contributed by atoms with Crippen molar-refractivity contribution in [3.05, 3.63) is 38.7 Å². The van der Waals surface area contributed by atoms with E-state index in [1.807, 2.05) is 24.3 Å². The molecule has 0 amide bonds. The van der Waals surface area contributed by atoms with Gasteiger partial charge in [-0.15, -0.1) is 11.3 Å². The summed E-state index contributed by atoms with van der Waals surface area (Å²) < 4.78 is 1.55. The van der Waals surface area contributed by atoms with Gasteiger partial charge in [0.05, 0.1) is 22.6 Å². The van der Waals surface area contributed by atoms with Gasteiger partial charge in [0.2, 0.25) is 5.88 Å². The molecule has 24 heavy (non-hydrogen) atoms. The van der Waals surface area contributed by atoms with Gasteiger partial charge in [-0.25, -0.2) is 0 Å². The third-order valence-electron chi connectivity index (χ3n) is 3.84. The van der Waals surface area contributed by atoms with Crippen molar-refractivity contribution in [3.8, 4) is 5.88 Å². The zero-order chi connectivity index (χ0) is 17.4. The van der Waals surface area contributed by atoms with Gasteiger partial charge in [0.15, 0.2) is 3.95 Å². The predicted octanol–water partition coefficient (Wildman–Crippen LogP) is 3.19. The molecule has 0 spiro atoms. The molecule has 1 aromatic heterocycles. The normalized spacial score (nSPS) is 15.9. The van der Waals surface area contributed by atoms with Gasteiger partial charge in [0.1, 0.15) is 0 Å². The molecule has 0 fully saturated rings. The number of benzene rings is 1. The highest BCUT2D eigenvalue weighted by atomic mass is 32.1. The smallest absolute Gasteiger partial charge is 0.211 e. The first-order valence-corrected chi connectivity index (χ1v) is 8.63. The number of carbonyl (C=O) groups is 1. The second-order valence-electron chi connectivity index (χ2n) is 5.81. The Morgan fingerprint density at radius 2 is 2.12 bits per heavy atom. The maximum absolute atomic E-state index is 11.4. The summed E-state index contributed by atoms with van der Waals surface area (Å²) >= 11 is 6.43. The fourth-order valence-electron chi connectivity index (χ4n) is 2.70. The number of thiazole rings is 1. The fraction of sp³-hybridized carbons (Fsp3) is 0.235. The Bertz CT molecular complexity index is 922. The molecule has 0 bridgehead atoms. The molecule has 0 radical (unpaired) electrons. The third-order valence-corrected chi connectivity index (χ3v) is 5.18. The van der Waals surface area contributed by atoms with Crippen LogP contribution in [0.2, 0.25) is 0 Å². The first-order valence-electron chi connectivity index (χ1n) is 7.40. The van der Waals surface area contributed by atoms with E-state index in [4.69, 9.17) is 12.2 Å². The summed E-state index contributed by atoms with van der Waals surface area (Å²) in [5.41, 5.74) is 2.67. The van der Waals surface area contributed by atoms with Crippen LogP contribution in [0, 0.1) is 9.87 Å². The van der Waals surface area contributed by atoms with E-state index in [2.05, 4.69) is 4.99 Å². The van der Waals surface area contributed by atoms with Gasteiger partial charge in [-0.05, 0) is 30.3 Å². The summed E-state index contributed by atoms with van der Waals surface area (Å²) in [6.07, 6.45) is 3.49. The number of aliphatic carboxylic acids is 1. The van der Waals surface area contributed by atoms with Crippen LogP contribution in [-0.2, 0) is 4.79 Å². The van der Waals surface area contributed by atoms with Gasteiger partial charge >= 0.3 is 0 Å². The number of carboxylic acids is 1. The highest BCUT2D eigenvalue weighted by Crippen LogP contribution is 2.37. The second-order valence-corrected chi connectivity index (χ2v) is 7.48. The van der Waals surface area contributed by atoms with Gasteiger partial charge in [-0.1, -0.05) is 32.0 Å². The molecule has 124 valence electrons. The molecule has 1 aromatic carbocycles. The summed E-state index contributed by atoms with van der Waals surface area (Å²) in [5.74, 6) is -1.68.